The Hall–Kier alpha value is -2.70. The normalized spacial score (nSPS) is 37.8. The molecule has 192 valence electrons. The van der Waals surface area contributed by atoms with Gasteiger partial charge in [0.15, 0.2) is 5.83 Å². The van der Waals surface area contributed by atoms with E-state index in [9.17, 15) is 14.0 Å². The number of fused-ring (bicyclic) bond motifs is 6. The maximum absolute atomic E-state index is 14.6. The van der Waals surface area contributed by atoms with E-state index < -0.39 is 11.7 Å². The van der Waals surface area contributed by atoms with Gasteiger partial charge in [-0.3, -0.25) is 9.59 Å². The molecule has 1 aliphatic heterocycles. The third kappa shape index (κ3) is 3.23. The van der Waals surface area contributed by atoms with E-state index in [1.807, 2.05) is 31.3 Å². The highest BCUT2D eigenvalue weighted by Crippen LogP contribution is 2.65. The van der Waals surface area contributed by atoms with Crippen molar-refractivity contribution in [1.82, 2.24) is 19.8 Å². The first-order valence-corrected chi connectivity index (χ1v) is 13.5. The van der Waals surface area contributed by atoms with Crippen LogP contribution in [0.15, 0.2) is 36.2 Å². The van der Waals surface area contributed by atoms with Crippen LogP contribution in [0.4, 0.5) is 4.39 Å². The van der Waals surface area contributed by atoms with Crippen molar-refractivity contribution in [2.45, 2.75) is 65.0 Å². The molecule has 1 aromatic carbocycles. The van der Waals surface area contributed by atoms with Crippen molar-refractivity contribution in [2.75, 3.05) is 7.05 Å². The first-order valence-electron chi connectivity index (χ1n) is 13.5. The van der Waals surface area contributed by atoms with Gasteiger partial charge in [-0.25, -0.2) is 9.37 Å². The predicted molar refractivity (Wildman–Crippen MR) is 136 cm³/mol. The summed E-state index contributed by atoms with van der Waals surface area (Å²) >= 11 is 0. The SMILES string of the molecule is CN1C(=O)C(F)=C[C@]2(C)[C@H]3CC[C@]4(C)[C@@H](C(=O)NCc5nc6ccccc6n5C)CC[C@H]4[C@@H]3CC[C@@H]12. The molecular formula is C29H37FN4O2. The highest BCUT2D eigenvalue weighted by Gasteiger charge is 2.62. The number of hydrogen-bond donors (Lipinski definition) is 1. The van der Waals surface area contributed by atoms with Crippen molar-refractivity contribution >= 4 is 22.8 Å². The molecule has 6 rings (SSSR count). The molecule has 6 nitrogen and oxygen atoms in total. The Morgan fingerprint density at radius 3 is 2.67 bits per heavy atom. The minimum absolute atomic E-state index is 0.00782. The molecule has 0 saturated heterocycles. The number of carbonyl (C=O) groups excluding carboxylic acids is 2. The zero-order chi connectivity index (χ0) is 25.4. The highest BCUT2D eigenvalue weighted by atomic mass is 19.1. The number of aryl methyl sites for hydroxylation is 1. The van der Waals surface area contributed by atoms with E-state index in [0.717, 1.165) is 55.4 Å². The Balaban J connectivity index is 1.20. The van der Waals surface area contributed by atoms with E-state index in [1.165, 1.54) is 0 Å². The number of likely N-dealkylation sites (N-methyl/N-ethyl adjacent to an activating group) is 1. The van der Waals surface area contributed by atoms with Gasteiger partial charge in [-0.05, 0) is 79.9 Å². The second kappa shape index (κ2) is 8.15. The van der Waals surface area contributed by atoms with Gasteiger partial charge in [-0.2, -0.15) is 0 Å². The summed E-state index contributed by atoms with van der Waals surface area (Å²) in [5.41, 5.74) is 1.63. The van der Waals surface area contributed by atoms with Gasteiger partial charge < -0.3 is 14.8 Å². The molecule has 3 fully saturated rings. The van der Waals surface area contributed by atoms with E-state index in [-0.39, 0.29) is 28.7 Å². The van der Waals surface area contributed by atoms with Crippen molar-refractivity contribution in [3.05, 3.63) is 42.0 Å². The van der Waals surface area contributed by atoms with Gasteiger partial charge in [0, 0.05) is 31.5 Å². The maximum atomic E-state index is 14.6. The van der Waals surface area contributed by atoms with Gasteiger partial charge >= 0.3 is 0 Å². The number of imidazole rings is 1. The number of para-hydroxylation sites is 2. The molecule has 1 N–H and O–H groups in total. The molecule has 0 spiro atoms. The van der Waals surface area contributed by atoms with Gasteiger partial charge in [0.2, 0.25) is 5.91 Å². The first kappa shape index (κ1) is 23.7. The topological polar surface area (TPSA) is 67.2 Å². The minimum Gasteiger partial charge on any atom is -0.349 e. The Morgan fingerprint density at radius 2 is 1.89 bits per heavy atom. The summed E-state index contributed by atoms with van der Waals surface area (Å²) in [5.74, 6) is 1.19. The number of rotatable bonds is 3. The third-order valence-electron chi connectivity index (χ3n) is 10.8. The van der Waals surface area contributed by atoms with Gasteiger partial charge in [0.25, 0.3) is 5.91 Å². The maximum Gasteiger partial charge on any atom is 0.282 e. The molecule has 7 heteroatoms. The summed E-state index contributed by atoms with van der Waals surface area (Å²) < 4.78 is 16.7. The predicted octanol–water partition coefficient (Wildman–Crippen LogP) is 4.74. The van der Waals surface area contributed by atoms with Gasteiger partial charge in [0.1, 0.15) is 5.82 Å². The molecule has 0 unspecified atom stereocenters. The van der Waals surface area contributed by atoms with Crippen LogP contribution in [0.5, 0.6) is 0 Å². The third-order valence-corrected chi connectivity index (χ3v) is 10.8. The molecule has 7 atom stereocenters. The van der Waals surface area contributed by atoms with E-state index in [0.29, 0.717) is 24.3 Å². The fourth-order valence-corrected chi connectivity index (χ4v) is 8.90. The van der Waals surface area contributed by atoms with Crippen LogP contribution < -0.4 is 5.32 Å². The number of carbonyl (C=O) groups is 2. The van der Waals surface area contributed by atoms with Crippen LogP contribution in [-0.4, -0.2) is 39.4 Å². The van der Waals surface area contributed by atoms with Gasteiger partial charge in [0.05, 0.1) is 17.6 Å². The second-order valence-electron chi connectivity index (χ2n) is 12.2. The Labute approximate surface area is 212 Å². The summed E-state index contributed by atoms with van der Waals surface area (Å²) in [5, 5.41) is 3.22. The zero-order valence-electron chi connectivity index (χ0n) is 21.8. The number of halogens is 1. The molecule has 2 heterocycles. The number of hydrogen-bond acceptors (Lipinski definition) is 3. The van der Waals surface area contributed by atoms with Crippen LogP contribution in [0, 0.1) is 34.5 Å². The molecular weight excluding hydrogens is 455 g/mol. The second-order valence-corrected chi connectivity index (χ2v) is 12.2. The number of amides is 2. The summed E-state index contributed by atoms with van der Waals surface area (Å²) in [4.78, 5) is 32.2. The molecule has 1 aromatic heterocycles. The largest absolute Gasteiger partial charge is 0.349 e. The summed E-state index contributed by atoms with van der Waals surface area (Å²) in [6.07, 6.45) is 7.50. The molecule has 2 aromatic rings. The van der Waals surface area contributed by atoms with E-state index in [1.54, 1.807) is 18.0 Å². The van der Waals surface area contributed by atoms with Crippen LogP contribution in [0.25, 0.3) is 11.0 Å². The van der Waals surface area contributed by atoms with Gasteiger partial charge in [-0.1, -0.05) is 26.0 Å². The lowest BCUT2D eigenvalue weighted by Gasteiger charge is -2.60. The number of nitrogens with one attached hydrogen (secondary N) is 1. The van der Waals surface area contributed by atoms with E-state index >= 15 is 0 Å². The fourth-order valence-electron chi connectivity index (χ4n) is 8.90. The molecule has 3 saturated carbocycles. The smallest absolute Gasteiger partial charge is 0.282 e. The summed E-state index contributed by atoms with van der Waals surface area (Å²) in [6.45, 7) is 4.91. The Morgan fingerprint density at radius 1 is 1.11 bits per heavy atom. The van der Waals surface area contributed by atoms with E-state index in [2.05, 4.69) is 23.7 Å². The van der Waals surface area contributed by atoms with Crippen molar-refractivity contribution < 1.29 is 14.0 Å². The lowest BCUT2D eigenvalue weighted by atomic mass is 9.47. The van der Waals surface area contributed by atoms with Crippen molar-refractivity contribution in [1.29, 1.82) is 0 Å². The number of aromatic nitrogens is 2. The zero-order valence-corrected chi connectivity index (χ0v) is 21.8. The minimum atomic E-state index is -0.601. The number of benzene rings is 1. The fraction of sp³-hybridized carbons (Fsp3) is 0.621. The lowest BCUT2D eigenvalue weighted by molar-refractivity contribution is -0.145. The van der Waals surface area contributed by atoms with Crippen molar-refractivity contribution in [3.8, 4) is 0 Å². The highest BCUT2D eigenvalue weighted by molar-refractivity contribution is 5.92. The summed E-state index contributed by atoms with van der Waals surface area (Å²) in [6, 6.07) is 8.09. The molecule has 2 amide bonds. The van der Waals surface area contributed by atoms with Gasteiger partial charge in [-0.15, -0.1) is 0 Å². The molecule has 36 heavy (non-hydrogen) atoms. The standard InChI is InChI=1S/C29H37FN4O2/c1-28-14-13-19-17(9-12-24-29(19,2)15-21(30)27(36)34(24)4)18(28)10-11-20(28)26(35)31-16-25-32-22-7-5-6-8-23(22)33(25)3/h5-8,15,17-20,24H,9-14,16H2,1-4H3,(H,31,35)/t17-,18-,19-,20+,24+,28-,29+/m0/s1. The van der Waals surface area contributed by atoms with Crippen molar-refractivity contribution in [2.24, 2.45) is 41.5 Å². The van der Waals surface area contributed by atoms with Crippen LogP contribution in [-0.2, 0) is 23.2 Å². The van der Waals surface area contributed by atoms with E-state index in [4.69, 9.17) is 4.98 Å². The quantitative estimate of drug-likeness (QED) is 0.673. The van der Waals surface area contributed by atoms with Crippen LogP contribution in [0.2, 0.25) is 0 Å². The van der Waals surface area contributed by atoms with Crippen molar-refractivity contribution in [3.63, 3.8) is 0 Å². The first-order chi connectivity index (χ1) is 17.1. The molecule has 0 bridgehead atoms. The van der Waals surface area contributed by atoms with Crippen LogP contribution >= 0.6 is 0 Å². The average Bonchev–Trinajstić information content (AvgIpc) is 3.38. The summed E-state index contributed by atoms with van der Waals surface area (Å²) in [7, 11) is 3.75. The molecule has 4 aliphatic rings. The monoisotopic (exact) mass is 492 g/mol. The number of nitrogens with zero attached hydrogens (tertiary/aromatic N) is 3. The van der Waals surface area contributed by atoms with Crippen LogP contribution in [0.1, 0.15) is 58.2 Å². The Kier molecular flexibility index (Phi) is 5.36. The molecule has 3 aliphatic carbocycles. The Bertz CT molecular complexity index is 1270. The average molecular weight is 493 g/mol. The lowest BCUT2D eigenvalue weighted by Crippen LogP contribution is -2.60. The van der Waals surface area contributed by atoms with Crippen LogP contribution in [0.3, 0.4) is 0 Å². The molecule has 0 radical (unpaired) electrons.